The van der Waals surface area contributed by atoms with Crippen LogP contribution in [0.25, 0.3) is 0 Å². The Hall–Kier alpha value is -2.05. The first-order valence-corrected chi connectivity index (χ1v) is 8.31. The zero-order valence-electron chi connectivity index (χ0n) is 12.1. The number of nitrogens with one attached hydrogen (secondary N) is 2. The summed E-state index contributed by atoms with van der Waals surface area (Å²) in [7, 11) is -3.72. The zero-order valence-corrected chi connectivity index (χ0v) is 13.6. The van der Waals surface area contributed by atoms with Crippen LogP contribution in [0.3, 0.4) is 0 Å². The second-order valence-electron chi connectivity index (χ2n) is 4.72. The summed E-state index contributed by atoms with van der Waals surface area (Å²) in [5, 5.41) is 3.07. The molecule has 116 valence electrons. The van der Waals surface area contributed by atoms with Crippen molar-refractivity contribution in [1.29, 1.82) is 0 Å². The highest BCUT2D eigenvalue weighted by Crippen LogP contribution is 2.25. The molecule has 7 heteroatoms. The first-order valence-electron chi connectivity index (χ1n) is 6.45. The number of benzene rings is 2. The van der Waals surface area contributed by atoms with Crippen molar-refractivity contribution in [3.05, 3.63) is 53.1 Å². The summed E-state index contributed by atoms with van der Waals surface area (Å²) >= 11 is 5.98. The SMILES string of the molecule is CC(=O)Nc1ccc(S(=O)(=O)Nc2cccc(Cl)c2C)cc1. The van der Waals surface area contributed by atoms with E-state index in [2.05, 4.69) is 10.0 Å². The second-order valence-corrected chi connectivity index (χ2v) is 6.81. The maximum absolute atomic E-state index is 12.4. The van der Waals surface area contributed by atoms with Gasteiger partial charge in [-0.3, -0.25) is 9.52 Å². The number of anilines is 2. The molecule has 5 nitrogen and oxygen atoms in total. The van der Waals surface area contributed by atoms with Gasteiger partial charge < -0.3 is 5.32 Å². The molecule has 0 bridgehead atoms. The third-order valence-electron chi connectivity index (χ3n) is 3.00. The van der Waals surface area contributed by atoms with Crippen LogP contribution in [0.15, 0.2) is 47.4 Å². The molecule has 0 aliphatic rings. The van der Waals surface area contributed by atoms with E-state index in [1.807, 2.05) is 0 Å². The molecule has 0 saturated heterocycles. The minimum Gasteiger partial charge on any atom is -0.326 e. The molecule has 0 heterocycles. The Morgan fingerprint density at radius 2 is 1.73 bits per heavy atom. The van der Waals surface area contributed by atoms with Crippen molar-refractivity contribution in [3.8, 4) is 0 Å². The zero-order chi connectivity index (χ0) is 16.3. The van der Waals surface area contributed by atoms with Crippen molar-refractivity contribution in [3.63, 3.8) is 0 Å². The minimum atomic E-state index is -3.72. The van der Waals surface area contributed by atoms with Gasteiger partial charge in [-0.1, -0.05) is 17.7 Å². The van der Waals surface area contributed by atoms with Crippen LogP contribution in [-0.4, -0.2) is 14.3 Å². The fourth-order valence-corrected chi connectivity index (χ4v) is 3.14. The van der Waals surface area contributed by atoms with Gasteiger partial charge in [-0.15, -0.1) is 0 Å². The van der Waals surface area contributed by atoms with Gasteiger partial charge in [-0.2, -0.15) is 0 Å². The van der Waals surface area contributed by atoms with Crippen molar-refractivity contribution in [2.24, 2.45) is 0 Å². The number of amides is 1. The van der Waals surface area contributed by atoms with Crippen LogP contribution in [-0.2, 0) is 14.8 Å². The van der Waals surface area contributed by atoms with Crippen LogP contribution in [0.1, 0.15) is 12.5 Å². The lowest BCUT2D eigenvalue weighted by Crippen LogP contribution is -2.14. The molecule has 0 spiro atoms. The number of halogens is 1. The quantitative estimate of drug-likeness (QED) is 0.897. The topological polar surface area (TPSA) is 75.3 Å². The van der Waals surface area contributed by atoms with E-state index in [1.54, 1.807) is 25.1 Å². The van der Waals surface area contributed by atoms with Crippen LogP contribution >= 0.6 is 11.6 Å². The van der Waals surface area contributed by atoms with Crippen molar-refractivity contribution in [2.45, 2.75) is 18.7 Å². The smallest absolute Gasteiger partial charge is 0.261 e. The predicted molar refractivity (Wildman–Crippen MR) is 87.7 cm³/mol. The normalized spacial score (nSPS) is 11.0. The van der Waals surface area contributed by atoms with E-state index in [1.165, 1.54) is 31.2 Å². The molecule has 0 unspecified atom stereocenters. The van der Waals surface area contributed by atoms with Gasteiger partial charge in [0.15, 0.2) is 0 Å². The molecule has 2 rings (SSSR count). The lowest BCUT2D eigenvalue weighted by atomic mass is 10.2. The molecule has 22 heavy (non-hydrogen) atoms. The molecular formula is C15H15ClN2O3S. The maximum atomic E-state index is 12.4. The van der Waals surface area contributed by atoms with E-state index in [0.717, 1.165) is 0 Å². The van der Waals surface area contributed by atoms with Gasteiger partial charge in [0.2, 0.25) is 5.91 Å². The Bertz CT molecular complexity index is 802. The molecule has 0 aromatic heterocycles. The molecule has 0 aliphatic heterocycles. The monoisotopic (exact) mass is 338 g/mol. The number of hydrogen-bond donors (Lipinski definition) is 2. The van der Waals surface area contributed by atoms with E-state index in [4.69, 9.17) is 11.6 Å². The Morgan fingerprint density at radius 1 is 1.09 bits per heavy atom. The summed E-state index contributed by atoms with van der Waals surface area (Å²) in [6.45, 7) is 3.12. The molecule has 0 atom stereocenters. The number of carbonyl (C=O) groups excluding carboxylic acids is 1. The highest BCUT2D eigenvalue weighted by atomic mass is 35.5. The van der Waals surface area contributed by atoms with Crippen molar-refractivity contribution in [2.75, 3.05) is 10.0 Å². The first-order chi connectivity index (χ1) is 10.3. The van der Waals surface area contributed by atoms with Crippen LogP contribution in [0, 0.1) is 6.92 Å². The van der Waals surface area contributed by atoms with E-state index < -0.39 is 10.0 Å². The standard InChI is InChI=1S/C15H15ClN2O3S/c1-10-14(16)4-3-5-15(10)18-22(20,21)13-8-6-12(7-9-13)17-11(2)19/h3-9,18H,1-2H3,(H,17,19). The molecule has 0 radical (unpaired) electrons. The summed E-state index contributed by atoms with van der Waals surface area (Å²) in [6, 6.07) is 10.9. The molecule has 0 fully saturated rings. The lowest BCUT2D eigenvalue weighted by molar-refractivity contribution is -0.114. The molecule has 2 aromatic rings. The fourth-order valence-electron chi connectivity index (χ4n) is 1.84. The Labute approximate surface area is 134 Å². The van der Waals surface area contributed by atoms with Crippen molar-refractivity contribution in [1.82, 2.24) is 0 Å². The third-order valence-corrected chi connectivity index (χ3v) is 4.79. The Balaban J connectivity index is 2.27. The molecule has 0 aliphatic carbocycles. The van der Waals surface area contributed by atoms with E-state index in [9.17, 15) is 13.2 Å². The molecule has 1 amide bonds. The summed E-state index contributed by atoms with van der Waals surface area (Å²) in [5.41, 5.74) is 1.62. The van der Waals surface area contributed by atoms with Crippen LogP contribution in [0.5, 0.6) is 0 Å². The predicted octanol–water partition coefficient (Wildman–Crippen LogP) is 3.41. The molecule has 2 aromatic carbocycles. The Morgan fingerprint density at radius 3 is 2.32 bits per heavy atom. The summed E-state index contributed by atoms with van der Waals surface area (Å²) in [5.74, 6) is -0.219. The number of rotatable bonds is 4. The number of hydrogen-bond acceptors (Lipinski definition) is 3. The van der Waals surface area contributed by atoms with Crippen LogP contribution in [0.4, 0.5) is 11.4 Å². The number of carbonyl (C=O) groups is 1. The highest BCUT2D eigenvalue weighted by Gasteiger charge is 2.15. The van der Waals surface area contributed by atoms with Gasteiger partial charge in [0.25, 0.3) is 10.0 Å². The van der Waals surface area contributed by atoms with E-state index >= 15 is 0 Å². The summed E-state index contributed by atoms with van der Waals surface area (Å²) in [4.78, 5) is 11.0. The average Bonchev–Trinajstić information content (AvgIpc) is 2.44. The van der Waals surface area contributed by atoms with Gasteiger partial charge >= 0.3 is 0 Å². The number of sulfonamides is 1. The second kappa shape index (κ2) is 6.37. The van der Waals surface area contributed by atoms with Gasteiger partial charge in [0.05, 0.1) is 10.6 Å². The van der Waals surface area contributed by atoms with E-state index in [0.29, 0.717) is 22.0 Å². The van der Waals surface area contributed by atoms with Crippen LogP contribution in [0.2, 0.25) is 5.02 Å². The maximum Gasteiger partial charge on any atom is 0.261 e. The lowest BCUT2D eigenvalue weighted by Gasteiger charge is -2.12. The average molecular weight is 339 g/mol. The van der Waals surface area contributed by atoms with Gasteiger partial charge in [-0.05, 0) is 48.9 Å². The Kier molecular flexibility index (Phi) is 4.73. The van der Waals surface area contributed by atoms with Gasteiger partial charge in [0.1, 0.15) is 0 Å². The molecule has 2 N–H and O–H groups in total. The fraction of sp³-hybridized carbons (Fsp3) is 0.133. The van der Waals surface area contributed by atoms with Gasteiger partial charge in [0, 0.05) is 17.6 Å². The summed E-state index contributed by atoms with van der Waals surface area (Å²) < 4.78 is 27.2. The first kappa shape index (κ1) is 16.3. The third kappa shape index (κ3) is 3.78. The van der Waals surface area contributed by atoms with Crippen molar-refractivity contribution < 1.29 is 13.2 Å². The largest absolute Gasteiger partial charge is 0.326 e. The summed E-state index contributed by atoms with van der Waals surface area (Å²) in [6.07, 6.45) is 0. The highest BCUT2D eigenvalue weighted by molar-refractivity contribution is 7.92. The van der Waals surface area contributed by atoms with Crippen LogP contribution < -0.4 is 10.0 Å². The van der Waals surface area contributed by atoms with Gasteiger partial charge in [-0.25, -0.2) is 8.42 Å². The molecular weight excluding hydrogens is 324 g/mol. The molecule has 0 saturated carbocycles. The van der Waals surface area contributed by atoms with Crippen molar-refractivity contribution >= 4 is 38.9 Å². The van der Waals surface area contributed by atoms with E-state index in [-0.39, 0.29) is 10.8 Å². The minimum absolute atomic E-state index is 0.0981.